The Morgan fingerprint density at radius 1 is 0.889 bits per heavy atom. The van der Waals surface area contributed by atoms with Gasteiger partial charge in [-0.1, -0.05) is 30.3 Å². The molecule has 144 valence electrons. The minimum atomic E-state index is -0.300. The van der Waals surface area contributed by atoms with E-state index in [0.717, 1.165) is 31.6 Å². The van der Waals surface area contributed by atoms with Crippen molar-refractivity contribution in [1.82, 2.24) is 5.32 Å². The van der Waals surface area contributed by atoms with Crippen molar-refractivity contribution in [3.05, 3.63) is 60.2 Å². The lowest BCUT2D eigenvalue weighted by Crippen LogP contribution is -2.29. The molecule has 0 atom stereocenters. The number of rotatable bonds is 10. The Morgan fingerprint density at radius 2 is 1.56 bits per heavy atom. The summed E-state index contributed by atoms with van der Waals surface area (Å²) in [5.41, 5.74) is 3.07. The van der Waals surface area contributed by atoms with Crippen LogP contribution < -0.4 is 15.5 Å². The molecule has 5 nitrogen and oxygen atoms in total. The van der Waals surface area contributed by atoms with Gasteiger partial charge in [0.2, 0.25) is 11.8 Å². The van der Waals surface area contributed by atoms with Crippen LogP contribution in [0.15, 0.2) is 54.6 Å². The normalized spacial score (nSPS) is 10.3. The van der Waals surface area contributed by atoms with Gasteiger partial charge < -0.3 is 15.5 Å². The van der Waals surface area contributed by atoms with Crippen molar-refractivity contribution in [2.75, 3.05) is 29.9 Å². The van der Waals surface area contributed by atoms with Gasteiger partial charge in [0.05, 0.1) is 0 Å². The summed E-state index contributed by atoms with van der Waals surface area (Å²) >= 11 is 0. The number of amides is 2. The van der Waals surface area contributed by atoms with Gasteiger partial charge in [0, 0.05) is 31.0 Å². The molecule has 5 heteroatoms. The van der Waals surface area contributed by atoms with Crippen molar-refractivity contribution in [2.45, 2.75) is 33.1 Å². The van der Waals surface area contributed by atoms with Crippen LogP contribution in [-0.4, -0.2) is 31.4 Å². The highest BCUT2D eigenvalue weighted by Crippen LogP contribution is 2.17. The van der Waals surface area contributed by atoms with E-state index in [1.807, 2.05) is 42.5 Å². The summed E-state index contributed by atoms with van der Waals surface area (Å²) in [6.45, 7) is 6.66. The molecule has 2 aromatic carbocycles. The highest BCUT2D eigenvalue weighted by molar-refractivity contribution is 6.03. The third-order valence-electron chi connectivity index (χ3n) is 4.41. The molecular weight excluding hydrogens is 338 g/mol. The lowest BCUT2D eigenvalue weighted by atomic mass is 10.1. The molecule has 0 saturated carbocycles. The summed E-state index contributed by atoms with van der Waals surface area (Å²) in [7, 11) is 0. The fraction of sp³-hybridized carbons (Fsp3) is 0.364. The maximum atomic E-state index is 12.0. The van der Waals surface area contributed by atoms with Crippen LogP contribution in [0.3, 0.4) is 0 Å². The van der Waals surface area contributed by atoms with Crippen LogP contribution in [0.25, 0.3) is 0 Å². The van der Waals surface area contributed by atoms with Crippen molar-refractivity contribution in [2.24, 2.45) is 0 Å². The van der Waals surface area contributed by atoms with Gasteiger partial charge in [0.15, 0.2) is 0 Å². The highest BCUT2D eigenvalue weighted by atomic mass is 16.2. The molecule has 0 bridgehead atoms. The first-order valence-corrected chi connectivity index (χ1v) is 9.57. The zero-order chi connectivity index (χ0) is 19.5. The van der Waals surface area contributed by atoms with E-state index in [4.69, 9.17) is 0 Å². The van der Waals surface area contributed by atoms with E-state index in [2.05, 4.69) is 41.5 Å². The summed E-state index contributed by atoms with van der Waals surface area (Å²) < 4.78 is 0. The average molecular weight is 367 g/mol. The van der Waals surface area contributed by atoms with Crippen molar-refractivity contribution in [1.29, 1.82) is 0 Å². The van der Waals surface area contributed by atoms with Crippen molar-refractivity contribution >= 4 is 23.2 Å². The van der Waals surface area contributed by atoms with E-state index in [-0.39, 0.29) is 18.2 Å². The first-order valence-electron chi connectivity index (χ1n) is 9.57. The summed E-state index contributed by atoms with van der Waals surface area (Å²) in [5, 5.41) is 5.58. The molecule has 27 heavy (non-hydrogen) atoms. The zero-order valence-corrected chi connectivity index (χ0v) is 16.2. The molecule has 0 radical (unpaired) electrons. The monoisotopic (exact) mass is 367 g/mol. The Balaban J connectivity index is 1.69. The molecule has 2 rings (SSSR count). The van der Waals surface area contributed by atoms with Crippen LogP contribution in [0.5, 0.6) is 0 Å². The van der Waals surface area contributed by atoms with E-state index >= 15 is 0 Å². The SMILES string of the molecule is CCN(CC)c1ccc(NC(=O)CC(=O)NCCCc2ccccc2)cc1. The number of aryl methyl sites for hydroxylation is 1. The third-order valence-corrected chi connectivity index (χ3v) is 4.41. The standard InChI is InChI=1S/C22H29N3O2/c1-3-25(4-2)20-14-12-19(13-15-20)24-22(27)17-21(26)23-16-8-11-18-9-6-5-7-10-18/h5-7,9-10,12-15H,3-4,8,11,16-17H2,1-2H3,(H,23,26)(H,24,27). The fourth-order valence-corrected chi connectivity index (χ4v) is 2.92. The number of carbonyl (C=O) groups is 2. The molecule has 0 spiro atoms. The van der Waals surface area contributed by atoms with Crippen LogP contribution in [0.2, 0.25) is 0 Å². The summed E-state index contributed by atoms with van der Waals surface area (Å²) in [4.78, 5) is 26.2. The van der Waals surface area contributed by atoms with Gasteiger partial charge >= 0.3 is 0 Å². The Bertz CT molecular complexity index is 710. The van der Waals surface area contributed by atoms with Crippen molar-refractivity contribution in [3.8, 4) is 0 Å². The number of hydrogen-bond donors (Lipinski definition) is 2. The largest absolute Gasteiger partial charge is 0.372 e. The molecule has 0 aliphatic heterocycles. The Hall–Kier alpha value is -2.82. The lowest BCUT2D eigenvalue weighted by Gasteiger charge is -2.21. The van der Waals surface area contributed by atoms with Gasteiger partial charge in [-0.15, -0.1) is 0 Å². The summed E-state index contributed by atoms with van der Waals surface area (Å²) in [6.07, 6.45) is 1.60. The van der Waals surface area contributed by atoms with Crippen LogP contribution >= 0.6 is 0 Å². The van der Waals surface area contributed by atoms with E-state index in [1.54, 1.807) is 0 Å². The molecule has 0 aliphatic carbocycles. The van der Waals surface area contributed by atoms with E-state index in [1.165, 1.54) is 5.56 Å². The maximum absolute atomic E-state index is 12.0. The molecule has 0 fully saturated rings. The van der Waals surface area contributed by atoms with E-state index < -0.39 is 0 Å². The lowest BCUT2D eigenvalue weighted by molar-refractivity contribution is -0.126. The topological polar surface area (TPSA) is 61.4 Å². The number of nitrogens with zero attached hydrogens (tertiary/aromatic N) is 1. The van der Waals surface area contributed by atoms with Gasteiger partial charge in [0.1, 0.15) is 6.42 Å². The second-order valence-electron chi connectivity index (χ2n) is 6.38. The van der Waals surface area contributed by atoms with Crippen LogP contribution in [0, 0.1) is 0 Å². The van der Waals surface area contributed by atoms with Crippen LogP contribution in [-0.2, 0) is 16.0 Å². The van der Waals surface area contributed by atoms with Gasteiger partial charge in [-0.05, 0) is 56.5 Å². The first kappa shape index (κ1) is 20.5. The highest BCUT2D eigenvalue weighted by Gasteiger charge is 2.09. The van der Waals surface area contributed by atoms with Gasteiger partial charge in [0.25, 0.3) is 0 Å². The van der Waals surface area contributed by atoms with Gasteiger partial charge in [-0.25, -0.2) is 0 Å². The molecule has 0 heterocycles. The quantitative estimate of drug-likeness (QED) is 0.498. The predicted octanol–water partition coefficient (Wildman–Crippen LogP) is 3.61. The zero-order valence-electron chi connectivity index (χ0n) is 16.2. The number of anilines is 2. The summed E-state index contributed by atoms with van der Waals surface area (Å²) in [5.74, 6) is -0.550. The number of hydrogen-bond acceptors (Lipinski definition) is 3. The van der Waals surface area contributed by atoms with E-state index in [9.17, 15) is 9.59 Å². The third kappa shape index (κ3) is 7.13. The second-order valence-corrected chi connectivity index (χ2v) is 6.38. The van der Waals surface area contributed by atoms with E-state index in [0.29, 0.717) is 12.2 Å². The molecule has 2 aromatic rings. The Kier molecular flexibility index (Phi) is 8.36. The molecule has 2 N–H and O–H groups in total. The minimum absolute atomic E-state index is 0.164. The number of carbonyl (C=O) groups excluding carboxylic acids is 2. The van der Waals surface area contributed by atoms with Crippen molar-refractivity contribution in [3.63, 3.8) is 0 Å². The molecule has 0 unspecified atom stereocenters. The number of nitrogens with one attached hydrogen (secondary N) is 2. The minimum Gasteiger partial charge on any atom is -0.372 e. The van der Waals surface area contributed by atoms with Crippen LogP contribution in [0.1, 0.15) is 32.3 Å². The number of benzene rings is 2. The average Bonchev–Trinajstić information content (AvgIpc) is 2.68. The Labute approximate surface area is 161 Å². The molecule has 2 amide bonds. The molecule has 0 saturated heterocycles. The fourth-order valence-electron chi connectivity index (χ4n) is 2.92. The molecular formula is C22H29N3O2. The smallest absolute Gasteiger partial charge is 0.233 e. The maximum Gasteiger partial charge on any atom is 0.233 e. The predicted molar refractivity (Wildman–Crippen MR) is 111 cm³/mol. The van der Waals surface area contributed by atoms with Gasteiger partial charge in [-0.2, -0.15) is 0 Å². The molecule has 0 aromatic heterocycles. The molecule has 0 aliphatic rings. The first-order chi connectivity index (χ1) is 13.1. The van der Waals surface area contributed by atoms with Crippen molar-refractivity contribution < 1.29 is 9.59 Å². The summed E-state index contributed by atoms with van der Waals surface area (Å²) in [6, 6.07) is 17.8. The van der Waals surface area contributed by atoms with Crippen LogP contribution in [0.4, 0.5) is 11.4 Å². The van der Waals surface area contributed by atoms with Gasteiger partial charge in [-0.3, -0.25) is 9.59 Å². The second kappa shape index (κ2) is 11.0. The Morgan fingerprint density at radius 3 is 2.19 bits per heavy atom.